The number of hydrogen-bond donors (Lipinski definition) is 1. The summed E-state index contributed by atoms with van der Waals surface area (Å²) in [6.45, 7) is 1.77. The molecule has 0 saturated carbocycles. The fourth-order valence-corrected chi connectivity index (χ4v) is 3.25. The van der Waals surface area contributed by atoms with Gasteiger partial charge in [0.2, 0.25) is 0 Å². The van der Waals surface area contributed by atoms with Gasteiger partial charge in [-0.1, -0.05) is 6.92 Å². The van der Waals surface area contributed by atoms with Crippen LogP contribution in [-0.4, -0.2) is 64.6 Å². The Morgan fingerprint density at radius 1 is 1.47 bits per heavy atom. The maximum absolute atomic E-state index is 12.1. The minimum atomic E-state index is -0.947. The first-order valence-corrected chi connectivity index (χ1v) is 6.94. The molecule has 0 aromatic rings. The van der Waals surface area contributed by atoms with Crippen LogP contribution in [0.4, 0.5) is 4.79 Å². The summed E-state index contributed by atoms with van der Waals surface area (Å²) in [5.41, 5.74) is 0. The second kappa shape index (κ2) is 6.14. The Hall–Kier alpha value is -0.910. The molecule has 1 saturated heterocycles. The Morgan fingerprint density at radius 2 is 2.12 bits per heavy atom. The molecule has 1 fully saturated rings. The zero-order valence-electron chi connectivity index (χ0n) is 10.5. The lowest BCUT2D eigenvalue weighted by Gasteiger charge is -2.32. The van der Waals surface area contributed by atoms with Gasteiger partial charge in [0.25, 0.3) is 0 Å². The Bertz CT molecular complexity index is 292. The van der Waals surface area contributed by atoms with E-state index in [1.165, 1.54) is 4.90 Å². The van der Waals surface area contributed by atoms with Crippen molar-refractivity contribution in [2.24, 2.45) is 0 Å². The number of rotatable bonds is 4. The highest BCUT2D eigenvalue weighted by Crippen LogP contribution is 2.22. The van der Waals surface area contributed by atoms with Gasteiger partial charge in [-0.2, -0.15) is 11.8 Å². The molecule has 0 spiro atoms. The summed E-state index contributed by atoms with van der Waals surface area (Å²) in [5, 5.41) is 9.02. The molecule has 0 aliphatic carbocycles. The number of carboxylic acids is 1. The number of urea groups is 1. The van der Waals surface area contributed by atoms with E-state index >= 15 is 0 Å². The molecular formula is C11H20N2O3S. The zero-order chi connectivity index (χ0) is 13.0. The van der Waals surface area contributed by atoms with Crippen LogP contribution in [0, 0.1) is 0 Å². The van der Waals surface area contributed by atoms with Crippen LogP contribution in [-0.2, 0) is 4.79 Å². The highest BCUT2D eigenvalue weighted by molar-refractivity contribution is 7.99. The molecule has 0 aromatic heterocycles. The number of likely N-dealkylation sites (N-methyl/N-ethyl adjacent to an activating group) is 1. The predicted octanol–water partition coefficient (Wildman–Crippen LogP) is 1.34. The number of amides is 2. The van der Waals surface area contributed by atoms with E-state index in [1.54, 1.807) is 25.9 Å². The van der Waals surface area contributed by atoms with Crippen molar-refractivity contribution in [2.45, 2.75) is 31.8 Å². The van der Waals surface area contributed by atoms with E-state index in [9.17, 15) is 9.59 Å². The normalized spacial score (nSPS) is 21.0. The van der Waals surface area contributed by atoms with Crippen LogP contribution >= 0.6 is 11.8 Å². The molecule has 1 aliphatic rings. The number of thioether (sulfide) groups is 1. The zero-order valence-corrected chi connectivity index (χ0v) is 11.4. The lowest BCUT2D eigenvalue weighted by molar-refractivity contribution is -0.142. The molecule has 2 unspecified atom stereocenters. The number of aliphatic carboxylic acids is 1. The van der Waals surface area contributed by atoms with Crippen LogP contribution < -0.4 is 0 Å². The number of nitrogens with zero attached hydrogens (tertiary/aromatic N) is 2. The van der Waals surface area contributed by atoms with Gasteiger partial charge >= 0.3 is 12.0 Å². The summed E-state index contributed by atoms with van der Waals surface area (Å²) in [6, 6.07) is -0.702. The Morgan fingerprint density at radius 3 is 2.53 bits per heavy atom. The van der Waals surface area contributed by atoms with E-state index in [2.05, 4.69) is 0 Å². The molecule has 0 aromatic carbocycles. The van der Waals surface area contributed by atoms with Gasteiger partial charge in [-0.25, -0.2) is 9.59 Å². The number of carboxylic acid groups (broad SMARTS) is 1. The third-order valence-corrected chi connectivity index (χ3v) is 4.34. The van der Waals surface area contributed by atoms with Gasteiger partial charge in [0.15, 0.2) is 0 Å². The second-order valence-electron chi connectivity index (χ2n) is 4.28. The van der Waals surface area contributed by atoms with Crippen molar-refractivity contribution in [3.8, 4) is 0 Å². The first kappa shape index (κ1) is 14.2. The average molecular weight is 260 g/mol. The summed E-state index contributed by atoms with van der Waals surface area (Å²) in [4.78, 5) is 26.1. The van der Waals surface area contributed by atoms with Crippen molar-refractivity contribution in [3.05, 3.63) is 0 Å². The van der Waals surface area contributed by atoms with E-state index in [1.807, 2.05) is 11.8 Å². The van der Waals surface area contributed by atoms with Gasteiger partial charge in [0.1, 0.15) is 6.04 Å². The Kier molecular flexibility index (Phi) is 5.11. The average Bonchev–Trinajstić information content (AvgIpc) is 2.80. The number of carbonyl (C=O) groups is 2. The van der Waals surface area contributed by atoms with Gasteiger partial charge in [-0.05, 0) is 18.6 Å². The molecule has 17 heavy (non-hydrogen) atoms. The molecule has 98 valence electrons. The van der Waals surface area contributed by atoms with Gasteiger partial charge in [-0.3, -0.25) is 0 Å². The lowest BCUT2D eigenvalue weighted by Crippen LogP contribution is -2.50. The SMILES string of the molecule is CCC(C(=O)O)N(C)C(=O)N(C)C1CCSC1. The van der Waals surface area contributed by atoms with Crippen LogP contribution in [0.3, 0.4) is 0 Å². The molecule has 1 heterocycles. The monoisotopic (exact) mass is 260 g/mol. The minimum Gasteiger partial charge on any atom is -0.480 e. The molecule has 5 nitrogen and oxygen atoms in total. The molecule has 0 radical (unpaired) electrons. The molecule has 1 aliphatic heterocycles. The molecule has 2 amide bonds. The molecule has 2 atom stereocenters. The third kappa shape index (κ3) is 3.28. The molecule has 6 heteroatoms. The Labute approximate surface area is 106 Å². The van der Waals surface area contributed by atoms with Gasteiger partial charge in [-0.15, -0.1) is 0 Å². The summed E-state index contributed by atoms with van der Waals surface area (Å²) in [7, 11) is 3.31. The summed E-state index contributed by atoms with van der Waals surface area (Å²) in [6.07, 6.45) is 1.41. The maximum Gasteiger partial charge on any atom is 0.326 e. The van der Waals surface area contributed by atoms with Crippen molar-refractivity contribution >= 4 is 23.8 Å². The highest BCUT2D eigenvalue weighted by Gasteiger charge is 2.31. The summed E-state index contributed by atoms with van der Waals surface area (Å²) in [5.74, 6) is 1.07. The standard InChI is InChI=1S/C11H20N2O3S/c1-4-9(10(14)15)13(3)11(16)12(2)8-5-6-17-7-8/h8-9H,4-7H2,1-3H3,(H,14,15). The van der Waals surface area contributed by atoms with Crippen LogP contribution in [0.25, 0.3) is 0 Å². The third-order valence-electron chi connectivity index (χ3n) is 3.20. The van der Waals surface area contributed by atoms with Gasteiger partial charge < -0.3 is 14.9 Å². The lowest BCUT2D eigenvalue weighted by atomic mass is 10.2. The fraction of sp³-hybridized carbons (Fsp3) is 0.818. The smallest absolute Gasteiger partial charge is 0.326 e. The fourth-order valence-electron chi connectivity index (χ4n) is 1.98. The molecule has 1 N–H and O–H groups in total. The first-order valence-electron chi connectivity index (χ1n) is 5.79. The van der Waals surface area contributed by atoms with E-state index in [0.717, 1.165) is 17.9 Å². The van der Waals surface area contributed by atoms with E-state index in [-0.39, 0.29) is 12.1 Å². The summed E-state index contributed by atoms with van der Waals surface area (Å²) >= 11 is 1.83. The topological polar surface area (TPSA) is 60.9 Å². The Balaban J connectivity index is 2.63. The summed E-state index contributed by atoms with van der Waals surface area (Å²) < 4.78 is 0. The van der Waals surface area contributed by atoms with Gasteiger partial charge in [0.05, 0.1) is 0 Å². The first-order chi connectivity index (χ1) is 7.99. The van der Waals surface area contributed by atoms with E-state index in [0.29, 0.717) is 6.42 Å². The maximum atomic E-state index is 12.1. The van der Waals surface area contributed by atoms with Crippen molar-refractivity contribution < 1.29 is 14.7 Å². The van der Waals surface area contributed by atoms with Crippen LogP contribution in [0.5, 0.6) is 0 Å². The van der Waals surface area contributed by atoms with Crippen molar-refractivity contribution in [1.82, 2.24) is 9.80 Å². The largest absolute Gasteiger partial charge is 0.480 e. The molecule has 1 rings (SSSR count). The van der Waals surface area contributed by atoms with Crippen molar-refractivity contribution in [1.29, 1.82) is 0 Å². The van der Waals surface area contributed by atoms with Crippen LogP contribution in [0.15, 0.2) is 0 Å². The minimum absolute atomic E-state index is 0.202. The second-order valence-corrected chi connectivity index (χ2v) is 5.43. The number of carbonyl (C=O) groups excluding carboxylic acids is 1. The van der Waals surface area contributed by atoms with E-state index < -0.39 is 12.0 Å². The quantitative estimate of drug-likeness (QED) is 0.828. The number of hydrogen-bond acceptors (Lipinski definition) is 3. The highest BCUT2D eigenvalue weighted by atomic mass is 32.2. The van der Waals surface area contributed by atoms with Crippen LogP contribution in [0.2, 0.25) is 0 Å². The van der Waals surface area contributed by atoms with Crippen molar-refractivity contribution in [3.63, 3.8) is 0 Å². The van der Waals surface area contributed by atoms with Gasteiger partial charge in [0, 0.05) is 25.9 Å². The van der Waals surface area contributed by atoms with Crippen LogP contribution in [0.1, 0.15) is 19.8 Å². The molecular weight excluding hydrogens is 240 g/mol. The van der Waals surface area contributed by atoms with E-state index in [4.69, 9.17) is 5.11 Å². The predicted molar refractivity (Wildman–Crippen MR) is 68.4 cm³/mol. The van der Waals surface area contributed by atoms with Crippen molar-refractivity contribution in [2.75, 3.05) is 25.6 Å². The molecule has 0 bridgehead atoms.